The quantitative estimate of drug-likeness (QED) is 0.834. The molecular weight excluding hydrogens is 318 g/mol. The lowest BCUT2D eigenvalue weighted by Gasteiger charge is -2.19. The third-order valence-electron chi connectivity index (χ3n) is 3.23. The first kappa shape index (κ1) is 15.8. The first-order valence-electron chi connectivity index (χ1n) is 6.40. The molecule has 1 fully saturated rings. The summed E-state index contributed by atoms with van der Waals surface area (Å²) in [5.74, 6) is -0.145. The lowest BCUT2D eigenvalue weighted by Crippen LogP contribution is -2.38. The number of thioether (sulfide) groups is 1. The van der Waals surface area contributed by atoms with E-state index in [0.29, 0.717) is 5.25 Å². The van der Waals surface area contributed by atoms with Crippen molar-refractivity contribution in [3.05, 3.63) is 17.0 Å². The molecule has 0 bridgehead atoms. The predicted octanol–water partition coefficient (Wildman–Crippen LogP) is 2.40. The van der Waals surface area contributed by atoms with Gasteiger partial charge in [0.1, 0.15) is 4.21 Å². The van der Waals surface area contributed by atoms with Gasteiger partial charge in [-0.15, -0.1) is 11.3 Å². The summed E-state index contributed by atoms with van der Waals surface area (Å²) in [6.45, 7) is 2.06. The molecule has 1 aliphatic rings. The van der Waals surface area contributed by atoms with E-state index in [2.05, 4.69) is 11.6 Å². The second kappa shape index (κ2) is 6.46. The van der Waals surface area contributed by atoms with Crippen LogP contribution in [-0.2, 0) is 10.0 Å². The zero-order valence-corrected chi connectivity index (χ0v) is 13.5. The number of carboxylic acids is 1. The average molecular weight is 335 g/mol. The normalized spacial score (nSPS) is 23.1. The van der Waals surface area contributed by atoms with E-state index in [9.17, 15) is 13.2 Å². The van der Waals surface area contributed by atoms with Gasteiger partial charge in [-0.25, -0.2) is 17.9 Å². The molecule has 0 spiro atoms. The molecule has 1 aromatic rings. The van der Waals surface area contributed by atoms with E-state index in [1.54, 1.807) is 11.8 Å². The summed E-state index contributed by atoms with van der Waals surface area (Å²) in [5, 5.41) is 10.5. The van der Waals surface area contributed by atoms with E-state index < -0.39 is 16.0 Å². The van der Waals surface area contributed by atoms with Crippen LogP contribution >= 0.6 is 23.1 Å². The summed E-state index contributed by atoms with van der Waals surface area (Å²) in [7, 11) is -3.62. The highest BCUT2D eigenvalue weighted by atomic mass is 32.2. The molecule has 1 saturated carbocycles. The molecule has 20 heavy (non-hydrogen) atoms. The summed E-state index contributed by atoms with van der Waals surface area (Å²) < 4.78 is 27.3. The largest absolute Gasteiger partial charge is 0.478 e. The smallest absolute Gasteiger partial charge is 0.336 e. The Morgan fingerprint density at radius 2 is 2.30 bits per heavy atom. The standard InChI is InChI=1S/C12H17NO4S3/c1-2-18-10-5-3-4-9(10)13-20(16,17)11-6-8(7-19-11)12(14)15/h6-7,9-10,13H,2-5H2,1H3,(H,14,15). The Hall–Kier alpha value is -0.570. The summed E-state index contributed by atoms with van der Waals surface area (Å²) in [4.78, 5) is 10.8. The number of hydrogen-bond acceptors (Lipinski definition) is 5. The number of hydrogen-bond donors (Lipinski definition) is 2. The van der Waals surface area contributed by atoms with Crippen molar-refractivity contribution in [3.63, 3.8) is 0 Å². The highest BCUT2D eigenvalue weighted by molar-refractivity contribution is 8.00. The van der Waals surface area contributed by atoms with Crippen LogP contribution < -0.4 is 4.72 Å². The molecule has 0 amide bonds. The van der Waals surface area contributed by atoms with Crippen molar-refractivity contribution in [1.29, 1.82) is 0 Å². The molecule has 2 rings (SSSR count). The maximum atomic E-state index is 12.3. The molecule has 1 aromatic heterocycles. The predicted molar refractivity (Wildman–Crippen MR) is 81.2 cm³/mol. The van der Waals surface area contributed by atoms with Gasteiger partial charge in [0, 0.05) is 16.7 Å². The van der Waals surface area contributed by atoms with E-state index in [1.165, 1.54) is 11.4 Å². The molecule has 0 aliphatic heterocycles. The minimum Gasteiger partial charge on any atom is -0.478 e. The molecule has 2 N–H and O–H groups in total. The molecule has 1 heterocycles. The van der Waals surface area contributed by atoms with Gasteiger partial charge in [-0.2, -0.15) is 11.8 Å². The van der Waals surface area contributed by atoms with Crippen LogP contribution in [0.4, 0.5) is 0 Å². The second-order valence-corrected chi connectivity index (χ2v) is 8.98. The van der Waals surface area contributed by atoms with E-state index >= 15 is 0 Å². The van der Waals surface area contributed by atoms with Crippen LogP contribution in [0.2, 0.25) is 0 Å². The molecule has 0 aromatic carbocycles. The van der Waals surface area contributed by atoms with Gasteiger partial charge in [-0.3, -0.25) is 0 Å². The lowest BCUT2D eigenvalue weighted by molar-refractivity contribution is 0.0697. The number of aromatic carboxylic acids is 1. The van der Waals surface area contributed by atoms with Gasteiger partial charge in [0.2, 0.25) is 10.0 Å². The Labute approximate surface area is 126 Å². The highest BCUT2D eigenvalue weighted by Crippen LogP contribution is 2.31. The molecule has 2 atom stereocenters. The van der Waals surface area contributed by atoms with Crippen molar-refractivity contribution in [2.24, 2.45) is 0 Å². The number of thiophene rings is 1. The van der Waals surface area contributed by atoms with Crippen molar-refractivity contribution in [1.82, 2.24) is 4.72 Å². The van der Waals surface area contributed by atoms with Gasteiger partial charge in [0.25, 0.3) is 0 Å². The number of carbonyl (C=O) groups is 1. The van der Waals surface area contributed by atoms with Crippen LogP contribution in [0, 0.1) is 0 Å². The van der Waals surface area contributed by atoms with Gasteiger partial charge in [0.15, 0.2) is 0 Å². The highest BCUT2D eigenvalue weighted by Gasteiger charge is 2.32. The van der Waals surface area contributed by atoms with Crippen molar-refractivity contribution in [3.8, 4) is 0 Å². The van der Waals surface area contributed by atoms with Crippen LogP contribution in [0.15, 0.2) is 15.7 Å². The number of sulfonamides is 1. The lowest BCUT2D eigenvalue weighted by atomic mass is 10.3. The van der Waals surface area contributed by atoms with Gasteiger partial charge in [0.05, 0.1) is 5.56 Å². The van der Waals surface area contributed by atoms with Gasteiger partial charge < -0.3 is 5.11 Å². The minimum atomic E-state index is -3.62. The summed E-state index contributed by atoms with van der Waals surface area (Å²) >= 11 is 2.72. The molecule has 8 heteroatoms. The van der Waals surface area contributed by atoms with Crippen LogP contribution in [0.1, 0.15) is 36.5 Å². The van der Waals surface area contributed by atoms with E-state index in [1.807, 2.05) is 0 Å². The van der Waals surface area contributed by atoms with Crippen LogP contribution in [0.25, 0.3) is 0 Å². The Balaban J connectivity index is 2.12. The van der Waals surface area contributed by atoms with Gasteiger partial charge in [-0.1, -0.05) is 13.3 Å². The van der Waals surface area contributed by atoms with E-state index in [4.69, 9.17) is 5.11 Å². The first-order valence-corrected chi connectivity index (χ1v) is 9.81. The van der Waals surface area contributed by atoms with Crippen molar-refractivity contribution in [2.75, 3.05) is 5.75 Å². The molecule has 2 unspecified atom stereocenters. The van der Waals surface area contributed by atoms with Crippen LogP contribution in [-0.4, -0.2) is 36.5 Å². The Kier molecular flexibility index (Phi) is 5.11. The van der Waals surface area contributed by atoms with Crippen LogP contribution in [0.5, 0.6) is 0 Å². The van der Waals surface area contributed by atoms with Crippen molar-refractivity contribution < 1.29 is 18.3 Å². The Morgan fingerprint density at radius 3 is 2.90 bits per heavy atom. The fourth-order valence-corrected chi connectivity index (χ4v) is 6.07. The molecule has 0 saturated heterocycles. The molecule has 5 nitrogen and oxygen atoms in total. The van der Waals surface area contributed by atoms with Gasteiger partial charge in [-0.05, 0) is 24.7 Å². The van der Waals surface area contributed by atoms with E-state index in [-0.39, 0.29) is 15.8 Å². The number of rotatable bonds is 6. The fraction of sp³-hybridized carbons (Fsp3) is 0.583. The maximum absolute atomic E-state index is 12.3. The molecule has 112 valence electrons. The summed E-state index contributed by atoms with van der Waals surface area (Å²) in [5.41, 5.74) is 0.0151. The fourth-order valence-electron chi connectivity index (χ4n) is 2.30. The average Bonchev–Trinajstić information content (AvgIpc) is 2.99. The SMILES string of the molecule is CCSC1CCCC1NS(=O)(=O)c1cc(C(=O)O)cs1. The zero-order chi connectivity index (χ0) is 14.8. The van der Waals surface area contributed by atoms with E-state index in [0.717, 1.165) is 36.4 Å². The van der Waals surface area contributed by atoms with Gasteiger partial charge >= 0.3 is 5.97 Å². The van der Waals surface area contributed by atoms with Crippen molar-refractivity contribution in [2.45, 2.75) is 41.7 Å². The Morgan fingerprint density at radius 1 is 1.55 bits per heavy atom. The van der Waals surface area contributed by atoms with Crippen LogP contribution in [0.3, 0.4) is 0 Å². The number of nitrogens with one attached hydrogen (secondary N) is 1. The maximum Gasteiger partial charge on any atom is 0.336 e. The van der Waals surface area contributed by atoms with Crippen molar-refractivity contribution >= 4 is 39.1 Å². The molecular formula is C12H17NO4S3. The topological polar surface area (TPSA) is 83.5 Å². The second-order valence-electron chi connectivity index (χ2n) is 4.61. The third kappa shape index (κ3) is 3.55. The zero-order valence-electron chi connectivity index (χ0n) is 11.0. The molecule has 0 radical (unpaired) electrons. The summed E-state index contributed by atoms with van der Waals surface area (Å²) in [6, 6.07) is 1.16. The molecule has 1 aliphatic carbocycles. The number of carboxylic acid groups (broad SMARTS) is 1. The summed E-state index contributed by atoms with van der Waals surface area (Å²) in [6.07, 6.45) is 2.89. The monoisotopic (exact) mass is 335 g/mol. The minimum absolute atomic E-state index is 0.0151. The third-order valence-corrected chi connectivity index (χ3v) is 7.48. The first-order chi connectivity index (χ1) is 9.44. The Bertz CT molecular complexity index is 581.